The van der Waals surface area contributed by atoms with E-state index in [1.54, 1.807) is 50.6 Å². The van der Waals surface area contributed by atoms with E-state index in [-0.39, 0.29) is 17.0 Å². The maximum Gasteiger partial charge on any atom is 0.262 e. The molecule has 0 radical (unpaired) electrons. The number of nitrogens with one attached hydrogen (secondary N) is 1. The predicted octanol–water partition coefficient (Wildman–Crippen LogP) is 6.62. The van der Waals surface area contributed by atoms with Crippen LogP contribution in [-0.4, -0.2) is 25.1 Å². The van der Waals surface area contributed by atoms with Crippen molar-refractivity contribution in [2.45, 2.75) is 13.3 Å². The van der Waals surface area contributed by atoms with E-state index in [1.165, 1.54) is 11.3 Å². The molecule has 0 saturated carbocycles. The van der Waals surface area contributed by atoms with Crippen molar-refractivity contribution in [3.05, 3.63) is 94.9 Å². The maximum atomic E-state index is 13.6. The van der Waals surface area contributed by atoms with Crippen LogP contribution in [0.15, 0.2) is 88.3 Å². The number of aromatic nitrogens is 1. The summed E-state index contributed by atoms with van der Waals surface area (Å²) in [6, 6.07) is 24.4. The highest BCUT2D eigenvalue weighted by atomic mass is 32.1. The van der Waals surface area contributed by atoms with E-state index in [1.807, 2.05) is 42.5 Å². The van der Waals surface area contributed by atoms with E-state index in [0.29, 0.717) is 27.9 Å². The van der Waals surface area contributed by atoms with Gasteiger partial charge in [-0.2, -0.15) is 0 Å². The van der Waals surface area contributed by atoms with Gasteiger partial charge in [-0.05, 0) is 42.8 Å². The Kier molecular flexibility index (Phi) is 7.00. The Morgan fingerprint density at radius 1 is 1.00 bits per heavy atom. The molecule has 0 aliphatic carbocycles. The van der Waals surface area contributed by atoms with Crippen molar-refractivity contribution >= 4 is 39.0 Å². The van der Waals surface area contributed by atoms with Gasteiger partial charge in [-0.25, -0.2) is 9.98 Å². The molecule has 0 fully saturated rings. The molecule has 0 bridgehead atoms. The van der Waals surface area contributed by atoms with Gasteiger partial charge in [-0.3, -0.25) is 10.1 Å². The molecule has 0 aliphatic heterocycles. The summed E-state index contributed by atoms with van der Waals surface area (Å²) in [6.07, 6.45) is 0.806. The van der Waals surface area contributed by atoms with Crippen molar-refractivity contribution in [1.29, 1.82) is 0 Å². The summed E-state index contributed by atoms with van der Waals surface area (Å²) in [5.74, 6) is 0.895. The minimum Gasteiger partial charge on any atom is -0.497 e. The molecule has 3 aromatic carbocycles. The summed E-state index contributed by atoms with van der Waals surface area (Å²) in [5, 5.41) is 4.19. The molecule has 0 spiro atoms. The number of anilines is 1. The molecular weight excluding hydrogens is 486 g/mol. The van der Waals surface area contributed by atoms with Gasteiger partial charge in [0.25, 0.3) is 5.91 Å². The van der Waals surface area contributed by atoms with E-state index in [9.17, 15) is 4.79 Å². The molecule has 0 saturated heterocycles. The summed E-state index contributed by atoms with van der Waals surface area (Å²) >= 11 is 1.46. The molecule has 0 aliphatic rings. The lowest BCUT2D eigenvalue weighted by Gasteiger charge is -2.08. The van der Waals surface area contributed by atoms with Gasteiger partial charge in [0.2, 0.25) is 5.55 Å². The minimum atomic E-state index is -0.364. The Bertz CT molecular complexity index is 1620. The summed E-state index contributed by atoms with van der Waals surface area (Å²) in [7, 11) is 3.18. The largest absolute Gasteiger partial charge is 0.497 e. The quantitative estimate of drug-likeness (QED) is 0.265. The fraction of sp³-hybridized carbons (Fsp3) is 0.138. The van der Waals surface area contributed by atoms with Crippen molar-refractivity contribution < 1.29 is 18.7 Å². The number of benzene rings is 3. The number of hydrogen-bond donors (Lipinski definition) is 1. The fourth-order valence-corrected chi connectivity index (χ4v) is 4.85. The third kappa shape index (κ3) is 5.10. The molecule has 2 aromatic heterocycles. The molecule has 8 heteroatoms. The van der Waals surface area contributed by atoms with E-state index < -0.39 is 0 Å². The van der Waals surface area contributed by atoms with Crippen LogP contribution in [0.1, 0.15) is 22.2 Å². The first kappa shape index (κ1) is 24.3. The van der Waals surface area contributed by atoms with Gasteiger partial charge in [0.15, 0.2) is 16.5 Å². The highest BCUT2D eigenvalue weighted by Crippen LogP contribution is 2.32. The van der Waals surface area contributed by atoms with Crippen LogP contribution in [0.3, 0.4) is 0 Å². The van der Waals surface area contributed by atoms with Crippen LogP contribution >= 0.6 is 11.3 Å². The smallest absolute Gasteiger partial charge is 0.262 e. The highest BCUT2D eigenvalue weighted by molar-refractivity contribution is 7.16. The number of hydrogen-bond acceptors (Lipinski definition) is 7. The molecule has 5 aromatic rings. The van der Waals surface area contributed by atoms with Gasteiger partial charge in [-0.15, -0.1) is 11.3 Å². The van der Waals surface area contributed by atoms with Crippen LogP contribution < -0.4 is 20.3 Å². The van der Waals surface area contributed by atoms with Gasteiger partial charge in [0.05, 0.1) is 25.6 Å². The van der Waals surface area contributed by atoms with Crippen molar-refractivity contribution in [3.63, 3.8) is 0 Å². The second kappa shape index (κ2) is 10.7. The zero-order valence-corrected chi connectivity index (χ0v) is 21.5. The van der Waals surface area contributed by atoms with Gasteiger partial charge in [-0.1, -0.05) is 49.4 Å². The topological polar surface area (TPSA) is 86.0 Å². The monoisotopic (exact) mass is 511 g/mol. The van der Waals surface area contributed by atoms with Gasteiger partial charge in [0, 0.05) is 15.8 Å². The van der Waals surface area contributed by atoms with Crippen molar-refractivity contribution in [1.82, 2.24) is 4.98 Å². The molecular formula is C29H25N3O4S. The zero-order valence-electron chi connectivity index (χ0n) is 20.6. The lowest BCUT2D eigenvalue weighted by atomic mass is 10.1. The Balaban J connectivity index is 1.58. The molecule has 186 valence electrons. The summed E-state index contributed by atoms with van der Waals surface area (Å²) in [6.45, 7) is 2.08. The third-order valence-electron chi connectivity index (χ3n) is 5.79. The second-order valence-electron chi connectivity index (χ2n) is 8.12. The number of methoxy groups -OCH3 is 2. The normalized spacial score (nSPS) is 11.5. The first-order valence-electron chi connectivity index (χ1n) is 11.8. The van der Waals surface area contributed by atoms with Crippen LogP contribution in [-0.2, 0) is 6.42 Å². The van der Waals surface area contributed by atoms with Crippen molar-refractivity contribution in [3.8, 4) is 22.8 Å². The first-order valence-corrected chi connectivity index (χ1v) is 12.6. The first-order chi connectivity index (χ1) is 18.1. The highest BCUT2D eigenvalue weighted by Gasteiger charge is 2.18. The molecule has 37 heavy (non-hydrogen) atoms. The number of rotatable bonds is 7. The number of carbonyl (C=O) groups excluding carboxylic acids is 1. The Hall–Kier alpha value is -4.43. The third-order valence-corrected chi connectivity index (χ3v) is 6.91. The van der Waals surface area contributed by atoms with E-state index in [2.05, 4.69) is 17.2 Å². The lowest BCUT2D eigenvalue weighted by Crippen LogP contribution is -2.21. The van der Waals surface area contributed by atoms with Crippen molar-refractivity contribution in [2.24, 2.45) is 4.99 Å². The van der Waals surface area contributed by atoms with E-state index in [4.69, 9.17) is 18.9 Å². The number of aryl methyl sites for hydroxylation is 1. The second-order valence-corrected chi connectivity index (χ2v) is 9.20. The zero-order chi connectivity index (χ0) is 25.8. The van der Waals surface area contributed by atoms with Gasteiger partial charge >= 0.3 is 0 Å². The van der Waals surface area contributed by atoms with Crippen LogP contribution in [0.2, 0.25) is 0 Å². The minimum absolute atomic E-state index is 0.162. The number of carbonyl (C=O) groups is 1. The number of nitrogens with zero attached hydrogens (tertiary/aromatic N) is 2. The van der Waals surface area contributed by atoms with Crippen LogP contribution in [0.4, 0.5) is 10.8 Å². The molecule has 1 amide bonds. The number of thiazole rings is 1. The van der Waals surface area contributed by atoms with E-state index >= 15 is 0 Å². The average Bonchev–Trinajstić information content (AvgIpc) is 3.36. The van der Waals surface area contributed by atoms with Crippen LogP contribution in [0.5, 0.6) is 11.5 Å². The summed E-state index contributed by atoms with van der Waals surface area (Å²) in [4.78, 5) is 24.0. The Morgan fingerprint density at radius 3 is 2.49 bits per heavy atom. The van der Waals surface area contributed by atoms with Crippen molar-refractivity contribution in [2.75, 3.05) is 19.5 Å². The number of amides is 1. The molecule has 0 atom stereocenters. The fourth-order valence-electron chi connectivity index (χ4n) is 3.94. The van der Waals surface area contributed by atoms with Crippen LogP contribution in [0.25, 0.3) is 22.2 Å². The standard InChI is InChI=1S/C29H25N3O4S/c1-4-24-25(18-9-6-5-7-10-18)31-29(37-24)32-27(33)22-17-19-11-8-12-23(35-3)26(19)36-28(22)30-20-13-15-21(34-2)16-14-20/h5-17H,4H2,1-3H3,(H,31,32,33). The Labute approximate surface area is 218 Å². The molecule has 5 rings (SSSR count). The number of fused-ring (bicyclic) bond motifs is 1. The number of para-hydroxylation sites is 1. The molecule has 7 nitrogen and oxygen atoms in total. The van der Waals surface area contributed by atoms with Gasteiger partial charge < -0.3 is 13.9 Å². The molecule has 2 heterocycles. The lowest BCUT2D eigenvalue weighted by molar-refractivity contribution is 0.102. The summed E-state index contributed by atoms with van der Waals surface area (Å²) < 4.78 is 16.9. The number of ether oxygens (including phenoxy) is 2. The summed E-state index contributed by atoms with van der Waals surface area (Å²) in [5.41, 5.74) is 3.45. The molecule has 0 unspecified atom stereocenters. The maximum absolute atomic E-state index is 13.6. The van der Waals surface area contributed by atoms with Gasteiger partial charge in [0.1, 0.15) is 11.3 Å². The van der Waals surface area contributed by atoms with Crippen LogP contribution in [0, 0.1) is 0 Å². The SMILES string of the molecule is CCc1sc(NC(=O)c2cc3cccc(OC)c3oc2=Nc2ccc(OC)cc2)nc1-c1ccccc1. The molecule has 1 N–H and O–H groups in total. The van der Waals surface area contributed by atoms with E-state index in [0.717, 1.165) is 27.9 Å². The Morgan fingerprint density at radius 2 is 1.78 bits per heavy atom. The predicted molar refractivity (Wildman–Crippen MR) is 146 cm³/mol. The average molecular weight is 512 g/mol.